The molecule has 0 radical (unpaired) electrons. The zero-order valence-corrected chi connectivity index (χ0v) is 13.7. The fraction of sp³-hybridized carbons (Fsp3) is 0.647. The summed E-state index contributed by atoms with van der Waals surface area (Å²) in [5.41, 5.74) is 0.428. The standard InChI is InChI=1S/C17H29FN2O/c1-5-19-16(14-7-9-15(18)10-8-14)11-12-20(6-2)13-17(3,4)21/h7-10,16,19,21H,5-6,11-13H2,1-4H3. The molecule has 0 aliphatic heterocycles. The van der Waals surface area contributed by atoms with E-state index in [1.54, 1.807) is 0 Å². The van der Waals surface area contributed by atoms with Crippen molar-refractivity contribution in [2.24, 2.45) is 0 Å². The summed E-state index contributed by atoms with van der Waals surface area (Å²) in [5, 5.41) is 13.4. The van der Waals surface area contributed by atoms with Crippen LogP contribution in [0.3, 0.4) is 0 Å². The molecule has 2 N–H and O–H groups in total. The van der Waals surface area contributed by atoms with Gasteiger partial charge in [-0.3, -0.25) is 0 Å². The second-order valence-corrected chi connectivity index (χ2v) is 6.13. The van der Waals surface area contributed by atoms with Crippen LogP contribution in [0.1, 0.15) is 45.7 Å². The molecule has 1 unspecified atom stereocenters. The lowest BCUT2D eigenvalue weighted by molar-refractivity contribution is 0.0366. The predicted molar refractivity (Wildman–Crippen MR) is 85.8 cm³/mol. The molecule has 0 fully saturated rings. The van der Waals surface area contributed by atoms with Crippen molar-refractivity contribution in [2.75, 3.05) is 26.2 Å². The van der Waals surface area contributed by atoms with E-state index < -0.39 is 5.60 Å². The van der Waals surface area contributed by atoms with Gasteiger partial charge in [0.2, 0.25) is 0 Å². The van der Waals surface area contributed by atoms with Crippen molar-refractivity contribution < 1.29 is 9.50 Å². The number of aliphatic hydroxyl groups is 1. The van der Waals surface area contributed by atoms with E-state index in [0.717, 1.165) is 31.6 Å². The van der Waals surface area contributed by atoms with Crippen molar-refractivity contribution in [1.82, 2.24) is 10.2 Å². The van der Waals surface area contributed by atoms with Crippen molar-refractivity contribution >= 4 is 0 Å². The zero-order valence-electron chi connectivity index (χ0n) is 13.7. The molecule has 120 valence electrons. The highest BCUT2D eigenvalue weighted by Crippen LogP contribution is 2.18. The van der Waals surface area contributed by atoms with Crippen molar-refractivity contribution in [3.63, 3.8) is 0 Å². The van der Waals surface area contributed by atoms with Crippen molar-refractivity contribution in [2.45, 2.75) is 45.8 Å². The monoisotopic (exact) mass is 296 g/mol. The molecule has 1 aromatic rings. The van der Waals surface area contributed by atoms with Crippen LogP contribution in [0.5, 0.6) is 0 Å². The van der Waals surface area contributed by atoms with Gasteiger partial charge in [0.05, 0.1) is 5.60 Å². The summed E-state index contributed by atoms with van der Waals surface area (Å²) >= 11 is 0. The van der Waals surface area contributed by atoms with Gasteiger partial charge in [-0.25, -0.2) is 4.39 Å². The Labute approximate surface area is 128 Å². The van der Waals surface area contributed by atoms with Gasteiger partial charge in [0.25, 0.3) is 0 Å². The first-order valence-electron chi connectivity index (χ1n) is 7.79. The number of hydrogen-bond acceptors (Lipinski definition) is 3. The van der Waals surface area contributed by atoms with Crippen LogP contribution in [-0.4, -0.2) is 41.8 Å². The average molecular weight is 296 g/mol. The van der Waals surface area contributed by atoms with Gasteiger partial charge in [0.15, 0.2) is 0 Å². The largest absolute Gasteiger partial charge is 0.389 e. The molecular weight excluding hydrogens is 267 g/mol. The molecule has 1 aromatic carbocycles. The zero-order chi connectivity index (χ0) is 15.9. The van der Waals surface area contributed by atoms with Crippen LogP contribution >= 0.6 is 0 Å². The molecule has 0 saturated carbocycles. The highest BCUT2D eigenvalue weighted by Gasteiger charge is 2.18. The van der Waals surface area contributed by atoms with E-state index in [2.05, 4.69) is 24.1 Å². The highest BCUT2D eigenvalue weighted by molar-refractivity contribution is 5.19. The number of benzene rings is 1. The lowest BCUT2D eigenvalue weighted by atomic mass is 10.0. The Morgan fingerprint density at radius 2 is 1.86 bits per heavy atom. The van der Waals surface area contributed by atoms with E-state index in [1.165, 1.54) is 12.1 Å². The topological polar surface area (TPSA) is 35.5 Å². The third-order valence-electron chi connectivity index (χ3n) is 3.51. The van der Waals surface area contributed by atoms with Crippen LogP contribution in [-0.2, 0) is 0 Å². The maximum atomic E-state index is 13.0. The molecule has 0 bridgehead atoms. The van der Waals surface area contributed by atoms with E-state index in [9.17, 15) is 9.50 Å². The lowest BCUT2D eigenvalue weighted by Crippen LogP contribution is -2.40. The van der Waals surface area contributed by atoms with Gasteiger partial charge in [0, 0.05) is 19.1 Å². The first-order chi connectivity index (χ1) is 9.85. The second-order valence-electron chi connectivity index (χ2n) is 6.13. The smallest absolute Gasteiger partial charge is 0.123 e. The number of nitrogens with zero attached hydrogens (tertiary/aromatic N) is 1. The first-order valence-corrected chi connectivity index (χ1v) is 7.79. The van der Waals surface area contributed by atoms with Crippen LogP contribution in [0.4, 0.5) is 4.39 Å². The Bertz CT molecular complexity index is 400. The summed E-state index contributed by atoms with van der Waals surface area (Å²) < 4.78 is 13.0. The van der Waals surface area contributed by atoms with Crippen molar-refractivity contribution in [1.29, 1.82) is 0 Å². The van der Waals surface area contributed by atoms with Gasteiger partial charge >= 0.3 is 0 Å². The Morgan fingerprint density at radius 1 is 1.24 bits per heavy atom. The van der Waals surface area contributed by atoms with Crippen molar-refractivity contribution in [3.05, 3.63) is 35.6 Å². The minimum atomic E-state index is -0.681. The van der Waals surface area contributed by atoms with Crippen LogP contribution in [0, 0.1) is 5.82 Å². The number of nitrogens with one attached hydrogen (secondary N) is 1. The Morgan fingerprint density at radius 3 is 2.33 bits per heavy atom. The fourth-order valence-corrected chi connectivity index (χ4v) is 2.54. The van der Waals surface area contributed by atoms with Crippen LogP contribution in [0.25, 0.3) is 0 Å². The van der Waals surface area contributed by atoms with Crippen LogP contribution < -0.4 is 5.32 Å². The molecule has 0 amide bonds. The maximum absolute atomic E-state index is 13.0. The molecule has 1 rings (SSSR count). The predicted octanol–water partition coefficient (Wildman–Crippen LogP) is 2.96. The molecular formula is C17H29FN2O. The third kappa shape index (κ3) is 7.02. The van der Waals surface area contributed by atoms with E-state index in [4.69, 9.17) is 0 Å². The molecule has 0 aliphatic carbocycles. The molecule has 0 spiro atoms. The molecule has 1 atom stereocenters. The van der Waals surface area contributed by atoms with E-state index in [0.29, 0.717) is 6.54 Å². The van der Waals surface area contributed by atoms with Gasteiger partial charge in [0.1, 0.15) is 5.82 Å². The molecule has 3 nitrogen and oxygen atoms in total. The second kappa shape index (κ2) is 8.47. The van der Waals surface area contributed by atoms with Crippen LogP contribution in [0.2, 0.25) is 0 Å². The molecule has 0 aromatic heterocycles. The summed E-state index contributed by atoms with van der Waals surface area (Å²) in [6.45, 7) is 11.2. The van der Waals surface area contributed by atoms with E-state index in [-0.39, 0.29) is 11.9 Å². The van der Waals surface area contributed by atoms with Gasteiger partial charge < -0.3 is 15.3 Å². The summed E-state index contributed by atoms with van der Waals surface area (Å²) in [6, 6.07) is 6.91. The normalized spacial score (nSPS) is 13.7. The average Bonchev–Trinajstić information content (AvgIpc) is 2.41. The van der Waals surface area contributed by atoms with E-state index in [1.807, 2.05) is 26.0 Å². The Hall–Kier alpha value is -0.970. The molecule has 21 heavy (non-hydrogen) atoms. The van der Waals surface area contributed by atoms with Crippen LogP contribution in [0.15, 0.2) is 24.3 Å². The fourth-order valence-electron chi connectivity index (χ4n) is 2.54. The van der Waals surface area contributed by atoms with E-state index >= 15 is 0 Å². The summed E-state index contributed by atoms with van der Waals surface area (Å²) in [7, 11) is 0. The quantitative estimate of drug-likeness (QED) is 0.735. The van der Waals surface area contributed by atoms with Crippen molar-refractivity contribution in [3.8, 4) is 0 Å². The van der Waals surface area contributed by atoms with Gasteiger partial charge in [-0.05, 0) is 51.1 Å². The number of halogens is 1. The summed E-state index contributed by atoms with van der Waals surface area (Å²) in [5.74, 6) is -0.203. The summed E-state index contributed by atoms with van der Waals surface area (Å²) in [4.78, 5) is 2.24. The Balaban J connectivity index is 2.63. The maximum Gasteiger partial charge on any atom is 0.123 e. The van der Waals surface area contributed by atoms with Gasteiger partial charge in [-0.1, -0.05) is 26.0 Å². The summed E-state index contributed by atoms with van der Waals surface area (Å²) in [6.07, 6.45) is 0.934. The molecule has 0 aliphatic rings. The minimum absolute atomic E-state index is 0.203. The molecule has 0 saturated heterocycles. The third-order valence-corrected chi connectivity index (χ3v) is 3.51. The number of rotatable bonds is 9. The molecule has 0 heterocycles. The highest BCUT2D eigenvalue weighted by atomic mass is 19.1. The molecule has 4 heteroatoms. The minimum Gasteiger partial charge on any atom is -0.389 e. The SMILES string of the molecule is CCNC(CCN(CC)CC(C)(C)O)c1ccc(F)cc1. The lowest BCUT2D eigenvalue weighted by Gasteiger charge is -2.29. The van der Waals surface area contributed by atoms with Gasteiger partial charge in [-0.2, -0.15) is 0 Å². The van der Waals surface area contributed by atoms with Gasteiger partial charge in [-0.15, -0.1) is 0 Å². The number of hydrogen-bond donors (Lipinski definition) is 2. The first kappa shape index (κ1) is 18.1. The number of likely N-dealkylation sites (N-methyl/N-ethyl adjacent to an activating group) is 1. The Kier molecular flexibility index (Phi) is 7.29.